The molecule has 0 saturated heterocycles. The molecule has 0 aromatic carbocycles. The van der Waals surface area contributed by atoms with E-state index in [9.17, 15) is 8.42 Å². The van der Waals surface area contributed by atoms with Crippen LogP contribution in [0.25, 0.3) is 0 Å². The van der Waals surface area contributed by atoms with Crippen molar-refractivity contribution in [2.45, 2.75) is 25.0 Å². The fraction of sp³-hybridized carbons (Fsp3) is 0.667. The van der Waals surface area contributed by atoms with Crippen molar-refractivity contribution in [3.05, 3.63) is 23.8 Å². The Bertz CT molecular complexity index is 412. The van der Waals surface area contributed by atoms with Crippen molar-refractivity contribution in [3.8, 4) is 0 Å². The molecule has 1 aliphatic rings. The van der Waals surface area contributed by atoms with Crippen LogP contribution in [-0.2, 0) is 10.1 Å². The monoisotopic (exact) mass is 293 g/mol. The number of allylic oxidation sites excluding steroid dienone is 3. The first kappa shape index (κ1) is 18.3. The molecule has 0 bridgehead atoms. The van der Waals surface area contributed by atoms with Crippen molar-refractivity contribution >= 4 is 10.1 Å². The first-order valence-electron chi connectivity index (χ1n) is 6.02. The lowest BCUT2D eigenvalue weighted by molar-refractivity contribution is 0.266. The van der Waals surface area contributed by atoms with E-state index in [4.69, 9.17) is 14.8 Å². The lowest BCUT2D eigenvalue weighted by Gasteiger charge is -2.23. The summed E-state index contributed by atoms with van der Waals surface area (Å²) in [6.45, 7) is 4.81. The SMILES string of the molecule is CC1=CCC(C)(S(=O)(=O)O)C=C1.OCCNCCO. The van der Waals surface area contributed by atoms with Crippen LogP contribution in [0.5, 0.6) is 0 Å². The van der Waals surface area contributed by atoms with Crippen molar-refractivity contribution in [2.75, 3.05) is 26.3 Å². The molecule has 0 aliphatic heterocycles. The summed E-state index contributed by atoms with van der Waals surface area (Å²) in [6, 6.07) is 0. The van der Waals surface area contributed by atoms with Gasteiger partial charge in [0.15, 0.2) is 0 Å². The predicted molar refractivity (Wildman–Crippen MR) is 74.5 cm³/mol. The molecule has 4 N–H and O–H groups in total. The molecule has 0 aromatic rings. The highest BCUT2D eigenvalue weighted by atomic mass is 32.2. The number of aliphatic hydroxyl groups excluding tert-OH is 2. The average molecular weight is 293 g/mol. The van der Waals surface area contributed by atoms with E-state index in [2.05, 4.69) is 5.32 Å². The van der Waals surface area contributed by atoms with Crippen molar-refractivity contribution in [1.29, 1.82) is 0 Å². The molecular weight excluding hydrogens is 270 g/mol. The second-order valence-corrected chi connectivity index (χ2v) is 6.35. The molecule has 0 amide bonds. The van der Waals surface area contributed by atoms with Crippen LogP contribution in [0.3, 0.4) is 0 Å². The minimum atomic E-state index is -3.98. The Kier molecular flexibility index (Phi) is 8.12. The summed E-state index contributed by atoms with van der Waals surface area (Å²) >= 11 is 0. The smallest absolute Gasteiger partial charge is 0.274 e. The molecule has 1 unspecified atom stereocenters. The van der Waals surface area contributed by atoms with E-state index >= 15 is 0 Å². The quantitative estimate of drug-likeness (QED) is 0.423. The Hall–Kier alpha value is -0.730. The first-order chi connectivity index (χ1) is 8.77. The Morgan fingerprint density at radius 2 is 1.84 bits per heavy atom. The van der Waals surface area contributed by atoms with Gasteiger partial charge in [0.25, 0.3) is 10.1 Å². The normalized spacial score (nSPS) is 22.5. The van der Waals surface area contributed by atoms with Gasteiger partial charge < -0.3 is 15.5 Å². The molecule has 0 aromatic heterocycles. The summed E-state index contributed by atoms with van der Waals surface area (Å²) in [5.41, 5.74) is 1.02. The van der Waals surface area contributed by atoms with Gasteiger partial charge in [0, 0.05) is 13.1 Å². The molecule has 19 heavy (non-hydrogen) atoms. The summed E-state index contributed by atoms with van der Waals surface area (Å²) in [4.78, 5) is 0. The summed E-state index contributed by atoms with van der Waals surface area (Å²) in [6.07, 6.45) is 5.37. The van der Waals surface area contributed by atoms with Crippen LogP contribution >= 0.6 is 0 Å². The molecule has 1 aliphatic carbocycles. The molecule has 6 nitrogen and oxygen atoms in total. The fourth-order valence-electron chi connectivity index (χ4n) is 1.28. The maximum atomic E-state index is 10.9. The second-order valence-electron chi connectivity index (χ2n) is 4.47. The minimum absolute atomic E-state index is 0.139. The van der Waals surface area contributed by atoms with Gasteiger partial charge in [-0.25, -0.2) is 0 Å². The van der Waals surface area contributed by atoms with Gasteiger partial charge in [0.1, 0.15) is 4.75 Å². The standard InChI is InChI=1S/C8H12O3S.C4H11NO2/c1-7-3-5-8(2,6-4-7)12(9,10)11;6-3-1-5-2-4-7/h3-5H,6H2,1-2H3,(H,9,10,11);5-7H,1-4H2. The van der Waals surface area contributed by atoms with Crippen LogP contribution in [-0.4, -0.2) is 54.2 Å². The zero-order valence-electron chi connectivity index (χ0n) is 11.3. The number of hydrogen-bond donors (Lipinski definition) is 4. The Balaban J connectivity index is 0.000000399. The van der Waals surface area contributed by atoms with Crippen LogP contribution in [0, 0.1) is 0 Å². The van der Waals surface area contributed by atoms with E-state index in [1.54, 1.807) is 12.2 Å². The summed E-state index contributed by atoms with van der Waals surface area (Å²) in [7, 11) is -3.98. The highest BCUT2D eigenvalue weighted by Crippen LogP contribution is 2.27. The second kappa shape index (κ2) is 8.44. The lowest BCUT2D eigenvalue weighted by atomic mass is 9.98. The topological polar surface area (TPSA) is 107 Å². The zero-order valence-corrected chi connectivity index (χ0v) is 12.2. The van der Waals surface area contributed by atoms with E-state index in [0.717, 1.165) is 5.57 Å². The Morgan fingerprint density at radius 1 is 1.32 bits per heavy atom. The van der Waals surface area contributed by atoms with E-state index in [1.807, 2.05) is 6.92 Å². The maximum absolute atomic E-state index is 10.9. The third kappa shape index (κ3) is 6.84. The Morgan fingerprint density at radius 3 is 2.16 bits per heavy atom. The molecule has 0 saturated carbocycles. The highest BCUT2D eigenvalue weighted by Gasteiger charge is 2.35. The first-order valence-corrected chi connectivity index (χ1v) is 7.46. The van der Waals surface area contributed by atoms with E-state index in [1.165, 1.54) is 13.0 Å². The van der Waals surface area contributed by atoms with Crippen molar-refractivity contribution in [2.24, 2.45) is 0 Å². The molecule has 112 valence electrons. The molecule has 0 fully saturated rings. The summed E-state index contributed by atoms with van der Waals surface area (Å²) in [5.74, 6) is 0. The van der Waals surface area contributed by atoms with Crippen LogP contribution in [0.2, 0.25) is 0 Å². The van der Waals surface area contributed by atoms with Gasteiger partial charge in [-0.2, -0.15) is 8.42 Å². The van der Waals surface area contributed by atoms with Gasteiger partial charge in [-0.1, -0.05) is 23.8 Å². The van der Waals surface area contributed by atoms with Gasteiger partial charge in [0.2, 0.25) is 0 Å². The van der Waals surface area contributed by atoms with Gasteiger partial charge in [-0.15, -0.1) is 0 Å². The average Bonchev–Trinajstić information content (AvgIpc) is 2.33. The lowest BCUT2D eigenvalue weighted by Crippen LogP contribution is -2.33. The molecule has 7 heteroatoms. The molecule has 1 atom stereocenters. The van der Waals surface area contributed by atoms with Crippen molar-refractivity contribution in [3.63, 3.8) is 0 Å². The van der Waals surface area contributed by atoms with Gasteiger partial charge in [-0.3, -0.25) is 4.55 Å². The molecule has 0 spiro atoms. The predicted octanol–water partition coefficient (Wildman–Crippen LogP) is 0.0997. The van der Waals surface area contributed by atoms with Crippen LogP contribution < -0.4 is 5.32 Å². The van der Waals surface area contributed by atoms with Crippen molar-refractivity contribution in [1.82, 2.24) is 5.32 Å². The van der Waals surface area contributed by atoms with Crippen LogP contribution in [0.1, 0.15) is 20.3 Å². The van der Waals surface area contributed by atoms with Crippen LogP contribution in [0.15, 0.2) is 23.8 Å². The van der Waals surface area contributed by atoms with Crippen LogP contribution in [0.4, 0.5) is 0 Å². The third-order valence-electron chi connectivity index (χ3n) is 2.69. The molecule has 1 rings (SSSR count). The number of hydrogen-bond acceptors (Lipinski definition) is 5. The van der Waals surface area contributed by atoms with E-state index < -0.39 is 14.9 Å². The number of aliphatic hydroxyl groups is 2. The maximum Gasteiger partial charge on any atom is 0.274 e. The third-order valence-corrected chi connectivity index (χ3v) is 4.18. The summed E-state index contributed by atoms with van der Waals surface area (Å²) in [5, 5.41) is 19.1. The van der Waals surface area contributed by atoms with E-state index in [-0.39, 0.29) is 13.2 Å². The fourth-order valence-corrected chi connectivity index (χ4v) is 1.82. The van der Waals surface area contributed by atoms with Gasteiger partial charge in [0.05, 0.1) is 13.2 Å². The molecule has 0 radical (unpaired) electrons. The Labute approximate surface area is 114 Å². The molecule has 0 heterocycles. The number of rotatable bonds is 5. The molecular formula is C12H23NO5S. The highest BCUT2D eigenvalue weighted by molar-refractivity contribution is 7.87. The largest absolute Gasteiger partial charge is 0.395 e. The minimum Gasteiger partial charge on any atom is -0.395 e. The zero-order chi connectivity index (χ0) is 14.9. The number of nitrogens with one attached hydrogen (secondary N) is 1. The van der Waals surface area contributed by atoms with Gasteiger partial charge >= 0.3 is 0 Å². The summed E-state index contributed by atoms with van der Waals surface area (Å²) < 4.78 is 29.5. The van der Waals surface area contributed by atoms with Crippen molar-refractivity contribution < 1.29 is 23.2 Å². The van der Waals surface area contributed by atoms with Gasteiger partial charge in [-0.05, 0) is 20.3 Å². The van der Waals surface area contributed by atoms with E-state index in [0.29, 0.717) is 19.5 Å².